The van der Waals surface area contributed by atoms with Crippen molar-refractivity contribution in [1.29, 1.82) is 0 Å². The van der Waals surface area contributed by atoms with Gasteiger partial charge in [-0.05, 0) is 12.8 Å². The smallest absolute Gasteiger partial charge is 0.305 e. The van der Waals surface area contributed by atoms with Gasteiger partial charge in [-0.25, -0.2) is 0 Å². The van der Waals surface area contributed by atoms with E-state index in [0.717, 1.165) is 38.5 Å². The van der Waals surface area contributed by atoms with Crippen molar-refractivity contribution in [3.8, 4) is 0 Å². The lowest BCUT2D eigenvalue weighted by Gasteiger charge is -2.44. The molecule has 6 N–H and O–H groups in total. The van der Waals surface area contributed by atoms with E-state index in [4.69, 9.17) is 23.7 Å². The predicted molar refractivity (Wildman–Crippen MR) is 134 cm³/mol. The van der Waals surface area contributed by atoms with Gasteiger partial charge >= 0.3 is 11.9 Å². The van der Waals surface area contributed by atoms with Crippen LogP contribution in [0, 0.1) is 0 Å². The average molecular weight is 567 g/mol. The molecular formula is C26H46O13. The average Bonchev–Trinajstić information content (AvgIpc) is 2.92. The molecule has 0 spiro atoms. The monoisotopic (exact) mass is 566 g/mol. The van der Waals surface area contributed by atoms with Crippen molar-refractivity contribution in [1.82, 2.24) is 0 Å². The van der Waals surface area contributed by atoms with Gasteiger partial charge in [-0.3, -0.25) is 9.59 Å². The van der Waals surface area contributed by atoms with Crippen LogP contribution in [0.5, 0.6) is 0 Å². The summed E-state index contributed by atoms with van der Waals surface area (Å²) in [6.45, 7) is 3.24. The zero-order valence-electron chi connectivity index (χ0n) is 22.8. The maximum atomic E-state index is 12.0. The van der Waals surface area contributed by atoms with Crippen LogP contribution in [0.3, 0.4) is 0 Å². The molecule has 0 aromatic carbocycles. The van der Waals surface area contributed by atoms with Crippen molar-refractivity contribution < 1.29 is 63.9 Å². The van der Waals surface area contributed by atoms with E-state index in [9.17, 15) is 40.2 Å². The Hall–Kier alpha value is -1.42. The molecule has 0 aromatic heterocycles. The Morgan fingerprint density at radius 2 is 0.949 bits per heavy atom. The fourth-order valence-corrected chi connectivity index (χ4v) is 4.35. The van der Waals surface area contributed by atoms with E-state index in [2.05, 4.69) is 0 Å². The second-order valence-corrected chi connectivity index (χ2v) is 10.2. The molecule has 0 aliphatic carbocycles. The number of hydrogen-bond donors (Lipinski definition) is 6. The summed E-state index contributed by atoms with van der Waals surface area (Å²) < 4.78 is 26.8. The highest BCUT2D eigenvalue weighted by Crippen LogP contribution is 2.28. The number of carbonyl (C=O) groups excluding carboxylic acids is 2. The van der Waals surface area contributed by atoms with Crippen molar-refractivity contribution in [3.05, 3.63) is 0 Å². The highest BCUT2D eigenvalue weighted by molar-refractivity contribution is 5.69. The summed E-state index contributed by atoms with van der Waals surface area (Å²) in [5.41, 5.74) is 0. The van der Waals surface area contributed by atoms with Crippen LogP contribution < -0.4 is 0 Å². The van der Waals surface area contributed by atoms with Crippen molar-refractivity contribution in [2.24, 2.45) is 0 Å². The molecule has 0 bridgehead atoms. The molecule has 2 rings (SSSR count). The summed E-state index contributed by atoms with van der Waals surface area (Å²) in [4.78, 5) is 24.0. The minimum atomic E-state index is -1.79. The van der Waals surface area contributed by atoms with Gasteiger partial charge in [0.05, 0.1) is 0 Å². The molecule has 10 atom stereocenters. The maximum absolute atomic E-state index is 12.0. The van der Waals surface area contributed by atoms with Gasteiger partial charge in [0.2, 0.25) is 0 Å². The Balaban J connectivity index is 1.93. The van der Waals surface area contributed by atoms with Gasteiger partial charge < -0.3 is 54.3 Å². The SMILES string of the molecule is CCCCCCC(=O)OC[C@H]1O[C@H](O[C@H]2O[C@H](COC(=O)CCCCCC)[C@@H](O)[C@H](O)[C@H]2O)[C@H](O)[C@@H](O)[C@@H]1O. The van der Waals surface area contributed by atoms with Crippen molar-refractivity contribution in [2.45, 2.75) is 139 Å². The number of ether oxygens (including phenoxy) is 5. The number of hydrogen-bond acceptors (Lipinski definition) is 13. The molecule has 0 saturated carbocycles. The molecule has 228 valence electrons. The standard InChI is InChI=1S/C26H46O13/c1-3-5-7-9-11-17(27)35-13-15-19(29)21(31)23(33)25(37-15)39-26-24(34)22(32)20(30)16(38-26)14-36-18(28)12-10-8-6-4-2/h15-16,19-26,29-34H,3-14H2,1-2H3/t15-,16-,19-,20-,21+,22+,23-,24-,25-,26-/m1/s1. The van der Waals surface area contributed by atoms with Gasteiger partial charge in [-0.1, -0.05) is 52.4 Å². The second kappa shape index (κ2) is 17.4. The van der Waals surface area contributed by atoms with Gasteiger partial charge in [-0.2, -0.15) is 0 Å². The van der Waals surface area contributed by atoms with E-state index in [0.29, 0.717) is 12.8 Å². The lowest BCUT2D eigenvalue weighted by atomic mass is 9.98. The quantitative estimate of drug-likeness (QED) is 0.105. The normalized spacial score (nSPS) is 35.0. The van der Waals surface area contributed by atoms with Gasteiger partial charge in [0, 0.05) is 12.8 Å². The van der Waals surface area contributed by atoms with E-state index in [1.165, 1.54) is 0 Å². The summed E-state index contributed by atoms with van der Waals surface area (Å²) in [5, 5.41) is 61.9. The molecule has 13 heteroatoms. The second-order valence-electron chi connectivity index (χ2n) is 10.2. The molecule has 2 aliphatic heterocycles. The van der Waals surface area contributed by atoms with Crippen LogP contribution in [0.2, 0.25) is 0 Å². The Morgan fingerprint density at radius 3 is 1.31 bits per heavy atom. The molecule has 2 heterocycles. The summed E-state index contributed by atoms with van der Waals surface area (Å²) in [6.07, 6.45) is -8.77. The minimum Gasteiger partial charge on any atom is -0.463 e. The van der Waals surface area contributed by atoms with E-state index in [1.54, 1.807) is 0 Å². The highest BCUT2D eigenvalue weighted by Gasteiger charge is 2.50. The lowest BCUT2D eigenvalue weighted by molar-refractivity contribution is -0.376. The molecule has 0 radical (unpaired) electrons. The zero-order chi connectivity index (χ0) is 28.9. The number of carbonyl (C=O) groups is 2. The fraction of sp³-hybridized carbons (Fsp3) is 0.923. The van der Waals surface area contributed by atoms with Crippen molar-refractivity contribution >= 4 is 11.9 Å². The van der Waals surface area contributed by atoms with Gasteiger partial charge in [-0.15, -0.1) is 0 Å². The molecule has 2 saturated heterocycles. The van der Waals surface area contributed by atoms with Gasteiger partial charge in [0.15, 0.2) is 12.6 Å². The van der Waals surface area contributed by atoms with E-state index in [1.807, 2.05) is 13.8 Å². The lowest BCUT2D eigenvalue weighted by Crippen LogP contribution is -2.64. The molecule has 39 heavy (non-hydrogen) atoms. The number of rotatable bonds is 16. The number of esters is 2. The third kappa shape index (κ3) is 10.5. The molecule has 2 aliphatic rings. The van der Waals surface area contributed by atoms with Crippen molar-refractivity contribution in [2.75, 3.05) is 13.2 Å². The topological polar surface area (TPSA) is 202 Å². The molecule has 0 aromatic rings. The minimum absolute atomic E-state index is 0.181. The van der Waals surface area contributed by atoms with Crippen LogP contribution in [-0.4, -0.2) is 117 Å². The summed E-state index contributed by atoms with van der Waals surface area (Å²) in [5.74, 6) is -1.02. The Labute approximate surface area is 229 Å². The van der Waals surface area contributed by atoms with Crippen molar-refractivity contribution in [3.63, 3.8) is 0 Å². The molecule has 0 amide bonds. The van der Waals surface area contributed by atoms with Crippen LogP contribution in [0.15, 0.2) is 0 Å². The first-order chi connectivity index (χ1) is 18.6. The number of aliphatic hydroxyl groups is 6. The summed E-state index contributed by atoms with van der Waals surface area (Å²) in [6, 6.07) is 0. The Kier molecular flexibility index (Phi) is 15.1. The number of aliphatic hydroxyl groups excluding tert-OH is 6. The van der Waals surface area contributed by atoms with Gasteiger partial charge in [0.25, 0.3) is 0 Å². The van der Waals surface area contributed by atoms with Gasteiger partial charge in [0.1, 0.15) is 62.0 Å². The third-order valence-electron chi connectivity index (χ3n) is 6.89. The largest absolute Gasteiger partial charge is 0.463 e. The first-order valence-corrected chi connectivity index (χ1v) is 14.0. The maximum Gasteiger partial charge on any atom is 0.305 e. The Morgan fingerprint density at radius 1 is 0.564 bits per heavy atom. The van der Waals surface area contributed by atoms with Crippen LogP contribution in [0.4, 0.5) is 0 Å². The van der Waals surface area contributed by atoms with Crippen LogP contribution >= 0.6 is 0 Å². The van der Waals surface area contributed by atoms with E-state index >= 15 is 0 Å². The van der Waals surface area contributed by atoms with E-state index < -0.39 is 86.6 Å². The molecule has 13 nitrogen and oxygen atoms in total. The third-order valence-corrected chi connectivity index (χ3v) is 6.89. The first kappa shape index (κ1) is 33.8. The van der Waals surface area contributed by atoms with Crippen LogP contribution in [0.25, 0.3) is 0 Å². The van der Waals surface area contributed by atoms with E-state index in [-0.39, 0.29) is 12.8 Å². The molecular weight excluding hydrogens is 520 g/mol. The summed E-state index contributed by atoms with van der Waals surface area (Å²) in [7, 11) is 0. The number of unbranched alkanes of at least 4 members (excludes halogenated alkanes) is 6. The highest BCUT2D eigenvalue weighted by atomic mass is 16.8. The predicted octanol–water partition coefficient (Wildman–Crippen LogP) is -0.355. The fourth-order valence-electron chi connectivity index (χ4n) is 4.35. The van der Waals surface area contributed by atoms with Crippen LogP contribution in [-0.2, 0) is 33.3 Å². The van der Waals surface area contributed by atoms with Crippen LogP contribution in [0.1, 0.15) is 78.1 Å². The first-order valence-electron chi connectivity index (χ1n) is 14.0. The Bertz CT molecular complexity index is 664. The zero-order valence-corrected chi connectivity index (χ0v) is 22.8. The summed E-state index contributed by atoms with van der Waals surface area (Å²) >= 11 is 0. The molecule has 0 unspecified atom stereocenters. The molecule has 2 fully saturated rings.